The molecule has 0 aromatic rings. The Labute approximate surface area is 122 Å². The Morgan fingerprint density at radius 3 is 2.58 bits per heavy atom. The first kappa shape index (κ1) is 16.7. The van der Waals surface area contributed by atoms with Gasteiger partial charge in [0.25, 0.3) is 0 Å². The van der Waals surface area contributed by atoms with Crippen molar-refractivity contribution in [1.82, 2.24) is 4.90 Å². The predicted octanol–water partition coefficient (Wildman–Crippen LogP) is 1.81. The fraction of sp³-hybridized carbons (Fsp3) is 0.929. The first-order chi connectivity index (χ1) is 8.49. The summed E-state index contributed by atoms with van der Waals surface area (Å²) < 4.78 is 5.33. The van der Waals surface area contributed by atoms with Gasteiger partial charge in [-0.25, -0.2) is 0 Å². The minimum atomic E-state index is -0.331. The third kappa shape index (κ3) is 4.33. The van der Waals surface area contributed by atoms with Gasteiger partial charge < -0.3 is 15.4 Å². The van der Waals surface area contributed by atoms with Crippen molar-refractivity contribution in [2.45, 2.75) is 45.6 Å². The Morgan fingerprint density at radius 2 is 2.00 bits per heavy atom. The number of hydrogen-bond acceptors (Lipinski definition) is 3. The second-order valence-corrected chi connectivity index (χ2v) is 6.50. The molecule has 0 aliphatic carbocycles. The number of ether oxygens (including phenoxy) is 1. The van der Waals surface area contributed by atoms with Crippen LogP contribution in [0.1, 0.15) is 39.5 Å². The van der Waals surface area contributed by atoms with Gasteiger partial charge in [0.1, 0.15) is 0 Å². The van der Waals surface area contributed by atoms with Crippen LogP contribution in [-0.2, 0) is 9.53 Å². The fourth-order valence-corrected chi connectivity index (χ4v) is 3.10. The number of piperidine rings is 1. The summed E-state index contributed by atoms with van der Waals surface area (Å²) in [6.45, 7) is 7.68. The Kier molecular flexibility index (Phi) is 6.09. The van der Waals surface area contributed by atoms with Crippen molar-refractivity contribution in [2.24, 2.45) is 17.1 Å². The summed E-state index contributed by atoms with van der Waals surface area (Å²) in [6, 6.07) is -0.331. The van der Waals surface area contributed by atoms with E-state index >= 15 is 0 Å². The lowest BCUT2D eigenvalue weighted by atomic mass is 9.83. The third-order valence-electron chi connectivity index (χ3n) is 4.27. The second kappa shape index (κ2) is 6.91. The van der Waals surface area contributed by atoms with Crippen LogP contribution in [0.3, 0.4) is 0 Å². The number of carbonyl (C=O) groups is 1. The van der Waals surface area contributed by atoms with E-state index in [2.05, 4.69) is 13.8 Å². The van der Waals surface area contributed by atoms with Crippen molar-refractivity contribution in [3.8, 4) is 0 Å². The van der Waals surface area contributed by atoms with Crippen molar-refractivity contribution in [3.63, 3.8) is 0 Å². The molecule has 2 fully saturated rings. The topological polar surface area (TPSA) is 55.6 Å². The molecule has 2 rings (SSSR count). The zero-order valence-corrected chi connectivity index (χ0v) is 12.9. The Hall–Kier alpha value is -0.320. The molecule has 1 amide bonds. The standard InChI is InChI=1S/C14H26N2O2.ClH/c1-14(2)6-3-7-16(10-14)13(17)12(15)11-4-8-18-9-5-11;/h11-12H,3-10,15H2,1-2H3;1H. The van der Waals surface area contributed by atoms with E-state index < -0.39 is 0 Å². The summed E-state index contributed by atoms with van der Waals surface area (Å²) in [4.78, 5) is 14.4. The van der Waals surface area contributed by atoms with E-state index in [9.17, 15) is 4.79 Å². The number of carbonyl (C=O) groups excluding carboxylic acids is 1. The number of nitrogens with two attached hydrogens (primary N) is 1. The fourth-order valence-electron chi connectivity index (χ4n) is 3.10. The number of nitrogens with zero attached hydrogens (tertiary/aromatic N) is 1. The molecule has 2 aliphatic rings. The van der Waals surface area contributed by atoms with Crippen molar-refractivity contribution in [3.05, 3.63) is 0 Å². The molecule has 19 heavy (non-hydrogen) atoms. The van der Waals surface area contributed by atoms with E-state index in [4.69, 9.17) is 10.5 Å². The highest BCUT2D eigenvalue weighted by molar-refractivity contribution is 5.85. The lowest BCUT2D eigenvalue weighted by Crippen LogP contribution is -2.53. The molecule has 0 bridgehead atoms. The molecular weight excluding hydrogens is 264 g/mol. The van der Waals surface area contributed by atoms with Crippen LogP contribution in [0.2, 0.25) is 0 Å². The smallest absolute Gasteiger partial charge is 0.239 e. The van der Waals surface area contributed by atoms with E-state index in [0.717, 1.165) is 45.6 Å². The van der Waals surface area contributed by atoms with Crippen LogP contribution in [0.25, 0.3) is 0 Å². The summed E-state index contributed by atoms with van der Waals surface area (Å²) in [5.74, 6) is 0.450. The van der Waals surface area contributed by atoms with Gasteiger partial charge in [-0.15, -0.1) is 12.4 Å². The lowest BCUT2D eigenvalue weighted by molar-refractivity contribution is -0.137. The van der Waals surface area contributed by atoms with Gasteiger partial charge in [-0.2, -0.15) is 0 Å². The third-order valence-corrected chi connectivity index (χ3v) is 4.27. The summed E-state index contributed by atoms with van der Waals surface area (Å²) in [6.07, 6.45) is 4.14. The number of hydrogen-bond donors (Lipinski definition) is 1. The van der Waals surface area contributed by atoms with Crippen LogP contribution in [0.15, 0.2) is 0 Å². The van der Waals surface area contributed by atoms with Crippen LogP contribution in [0, 0.1) is 11.3 Å². The minimum Gasteiger partial charge on any atom is -0.381 e. The van der Waals surface area contributed by atoms with Crippen molar-refractivity contribution < 1.29 is 9.53 Å². The molecule has 2 saturated heterocycles. The molecule has 112 valence electrons. The number of likely N-dealkylation sites (tertiary alicyclic amines) is 1. The van der Waals surface area contributed by atoms with Gasteiger partial charge in [0.15, 0.2) is 0 Å². The second-order valence-electron chi connectivity index (χ2n) is 6.50. The zero-order valence-electron chi connectivity index (χ0n) is 12.1. The molecule has 0 radical (unpaired) electrons. The average Bonchev–Trinajstić information content (AvgIpc) is 2.37. The van der Waals surface area contributed by atoms with Gasteiger partial charge in [-0.05, 0) is 37.0 Å². The van der Waals surface area contributed by atoms with E-state index in [1.54, 1.807) is 0 Å². The first-order valence-corrected chi connectivity index (χ1v) is 7.12. The molecule has 2 heterocycles. The molecule has 5 heteroatoms. The highest BCUT2D eigenvalue weighted by Crippen LogP contribution is 2.29. The molecule has 1 atom stereocenters. The number of rotatable bonds is 2. The summed E-state index contributed by atoms with van der Waals surface area (Å²) in [5, 5.41) is 0. The molecule has 0 aromatic heterocycles. The van der Waals surface area contributed by atoms with Crippen LogP contribution in [0.5, 0.6) is 0 Å². The van der Waals surface area contributed by atoms with Gasteiger partial charge >= 0.3 is 0 Å². The largest absolute Gasteiger partial charge is 0.381 e. The summed E-state index contributed by atoms with van der Waals surface area (Å²) in [7, 11) is 0. The molecule has 0 saturated carbocycles. The van der Waals surface area contributed by atoms with Crippen molar-refractivity contribution in [1.29, 1.82) is 0 Å². The van der Waals surface area contributed by atoms with E-state index in [1.807, 2.05) is 4.90 Å². The predicted molar refractivity (Wildman–Crippen MR) is 78.4 cm³/mol. The van der Waals surface area contributed by atoms with Crippen molar-refractivity contribution >= 4 is 18.3 Å². The molecule has 2 aliphatic heterocycles. The average molecular weight is 291 g/mol. The van der Waals surface area contributed by atoms with E-state index in [1.165, 1.54) is 6.42 Å². The normalized spacial score (nSPS) is 25.5. The number of halogens is 1. The highest BCUT2D eigenvalue weighted by Gasteiger charge is 2.34. The quantitative estimate of drug-likeness (QED) is 0.844. The van der Waals surface area contributed by atoms with Crippen LogP contribution in [0.4, 0.5) is 0 Å². The van der Waals surface area contributed by atoms with Crippen LogP contribution in [-0.4, -0.2) is 43.2 Å². The zero-order chi connectivity index (χ0) is 13.2. The van der Waals surface area contributed by atoms with E-state index in [-0.39, 0.29) is 29.8 Å². The first-order valence-electron chi connectivity index (χ1n) is 7.12. The Morgan fingerprint density at radius 1 is 1.37 bits per heavy atom. The maximum absolute atomic E-state index is 12.4. The summed E-state index contributed by atoms with van der Waals surface area (Å²) in [5.41, 5.74) is 6.40. The van der Waals surface area contributed by atoms with Gasteiger partial charge in [0.2, 0.25) is 5.91 Å². The molecular formula is C14H27ClN2O2. The maximum atomic E-state index is 12.4. The molecule has 0 spiro atoms. The molecule has 4 nitrogen and oxygen atoms in total. The molecule has 2 N–H and O–H groups in total. The SMILES string of the molecule is CC1(C)CCCN(C(=O)C(N)C2CCOCC2)C1.Cl. The van der Waals surface area contributed by atoms with Gasteiger partial charge in [0, 0.05) is 26.3 Å². The Balaban J connectivity index is 0.00000180. The molecule has 1 unspecified atom stereocenters. The maximum Gasteiger partial charge on any atom is 0.239 e. The minimum absolute atomic E-state index is 0. The highest BCUT2D eigenvalue weighted by atomic mass is 35.5. The summed E-state index contributed by atoms with van der Waals surface area (Å²) >= 11 is 0. The van der Waals surface area contributed by atoms with Crippen LogP contribution < -0.4 is 5.73 Å². The van der Waals surface area contributed by atoms with E-state index in [0.29, 0.717) is 5.92 Å². The lowest BCUT2D eigenvalue weighted by Gasteiger charge is -2.40. The Bertz CT molecular complexity index is 304. The number of amides is 1. The monoisotopic (exact) mass is 290 g/mol. The van der Waals surface area contributed by atoms with Crippen LogP contribution >= 0.6 is 12.4 Å². The van der Waals surface area contributed by atoms with Gasteiger partial charge in [-0.1, -0.05) is 13.8 Å². The van der Waals surface area contributed by atoms with Crippen molar-refractivity contribution in [2.75, 3.05) is 26.3 Å². The van der Waals surface area contributed by atoms with Gasteiger partial charge in [-0.3, -0.25) is 4.79 Å². The van der Waals surface area contributed by atoms with Gasteiger partial charge in [0.05, 0.1) is 6.04 Å². The molecule has 0 aromatic carbocycles.